The van der Waals surface area contributed by atoms with Crippen LogP contribution < -0.4 is 5.32 Å². The molecule has 126 valence electrons. The molecule has 0 fully saturated rings. The van der Waals surface area contributed by atoms with E-state index in [0.717, 1.165) is 9.87 Å². The molecule has 1 atom stereocenters. The first-order valence-electron chi connectivity index (χ1n) is 6.91. The Kier molecular flexibility index (Phi) is 6.47. The van der Waals surface area contributed by atoms with Gasteiger partial charge in [0.2, 0.25) is 15.9 Å². The molecule has 7 nitrogen and oxygen atoms in total. The number of hydrogen-bond donors (Lipinski definition) is 2. The molecule has 0 bridgehead atoms. The van der Waals surface area contributed by atoms with Gasteiger partial charge in [0.1, 0.15) is 6.04 Å². The van der Waals surface area contributed by atoms with Gasteiger partial charge in [0.25, 0.3) is 0 Å². The maximum Gasteiger partial charge on any atom is 0.321 e. The quantitative estimate of drug-likeness (QED) is 0.733. The summed E-state index contributed by atoms with van der Waals surface area (Å²) in [4.78, 5) is 22.1. The van der Waals surface area contributed by atoms with Gasteiger partial charge in [-0.2, -0.15) is 4.31 Å². The Morgan fingerprint density at radius 2 is 1.91 bits per heavy atom. The van der Waals surface area contributed by atoms with Gasteiger partial charge in [0, 0.05) is 20.0 Å². The number of nitrogens with zero attached hydrogens (tertiary/aromatic N) is 1. The minimum atomic E-state index is -4.00. The Labute approximate surface area is 135 Å². The number of nitrogens with one attached hydrogen (secondary N) is 1. The van der Waals surface area contributed by atoms with E-state index < -0.39 is 22.0 Å². The summed E-state index contributed by atoms with van der Waals surface area (Å²) in [5.41, 5.74) is 0.750. The van der Waals surface area contributed by atoms with Gasteiger partial charge in [-0.25, -0.2) is 8.42 Å². The zero-order valence-electron chi connectivity index (χ0n) is 13.0. The molecule has 0 aliphatic carbocycles. The van der Waals surface area contributed by atoms with Crippen molar-refractivity contribution in [2.24, 2.45) is 0 Å². The van der Waals surface area contributed by atoms with Crippen molar-refractivity contribution in [2.45, 2.75) is 24.8 Å². The molecule has 0 aliphatic heterocycles. The van der Waals surface area contributed by atoms with Crippen LogP contribution in [-0.4, -0.2) is 48.8 Å². The summed E-state index contributed by atoms with van der Waals surface area (Å²) in [6, 6.07) is 4.70. The smallest absolute Gasteiger partial charge is 0.321 e. The molecule has 0 heterocycles. The van der Waals surface area contributed by atoms with Crippen LogP contribution in [0.25, 0.3) is 6.08 Å². The average molecular weight is 340 g/mol. The molecule has 8 heteroatoms. The first-order chi connectivity index (χ1) is 10.7. The monoisotopic (exact) mass is 340 g/mol. The molecule has 0 saturated heterocycles. The first-order valence-corrected chi connectivity index (χ1v) is 8.35. The van der Waals surface area contributed by atoms with Gasteiger partial charge >= 0.3 is 5.97 Å². The summed E-state index contributed by atoms with van der Waals surface area (Å²) < 4.78 is 26.2. The van der Waals surface area contributed by atoms with Gasteiger partial charge in [-0.15, -0.1) is 0 Å². The molecule has 0 saturated carbocycles. The SMILES string of the molecule is C=Cc1ccc(S(=O)(=O)N(CCNC(C)=O)C(C)C(=O)O)cc1. The predicted molar refractivity (Wildman–Crippen MR) is 86.2 cm³/mol. The van der Waals surface area contributed by atoms with Crippen molar-refractivity contribution in [2.75, 3.05) is 13.1 Å². The fourth-order valence-electron chi connectivity index (χ4n) is 1.90. The lowest BCUT2D eigenvalue weighted by molar-refractivity contribution is -0.140. The lowest BCUT2D eigenvalue weighted by Crippen LogP contribution is -2.46. The molecule has 23 heavy (non-hydrogen) atoms. The van der Waals surface area contributed by atoms with Crippen LogP contribution in [0, 0.1) is 0 Å². The van der Waals surface area contributed by atoms with E-state index in [1.165, 1.54) is 26.0 Å². The highest BCUT2D eigenvalue weighted by Gasteiger charge is 2.32. The maximum atomic E-state index is 12.7. The third-order valence-electron chi connectivity index (χ3n) is 3.22. The number of aliphatic carboxylic acids is 1. The summed E-state index contributed by atoms with van der Waals surface area (Å²) in [6.07, 6.45) is 1.57. The highest BCUT2D eigenvalue weighted by molar-refractivity contribution is 7.89. The van der Waals surface area contributed by atoms with Gasteiger partial charge in [-0.1, -0.05) is 24.8 Å². The molecule has 1 aromatic carbocycles. The van der Waals surface area contributed by atoms with Crippen LogP contribution in [0.2, 0.25) is 0 Å². The van der Waals surface area contributed by atoms with Gasteiger partial charge in [0.15, 0.2) is 0 Å². The van der Waals surface area contributed by atoms with E-state index in [1.807, 2.05) is 0 Å². The highest BCUT2D eigenvalue weighted by Crippen LogP contribution is 2.19. The predicted octanol–water partition coefficient (Wildman–Crippen LogP) is 0.929. The van der Waals surface area contributed by atoms with Crippen LogP contribution in [0.3, 0.4) is 0 Å². The summed E-state index contributed by atoms with van der Waals surface area (Å²) in [5, 5.41) is 11.6. The Hall–Kier alpha value is -2.19. The second-order valence-corrected chi connectivity index (χ2v) is 6.78. The number of sulfonamides is 1. The van der Waals surface area contributed by atoms with Crippen LogP contribution in [0.15, 0.2) is 35.7 Å². The largest absolute Gasteiger partial charge is 0.480 e. The molecule has 2 N–H and O–H groups in total. The molecule has 0 aliphatic rings. The van der Waals surface area contributed by atoms with E-state index in [2.05, 4.69) is 11.9 Å². The third-order valence-corrected chi connectivity index (χ3v) is 5.20. The van der Waals surface area contributed by atoms with Crippen molar-refractivity contribution in [3.05, 3.63) is 36.4 Å². The number of hydrogen-bond acceptors (Lipinski definition) is 4. The van der Waals surface area contributed by atoms with E-state index in [0.29, 0.717) is 0 Å². The van der Waals surface area contributed by atoms with E-state index >= 15 is 0 Å². The molecule has 0 radical (unpaired) electrons. The molecular formula is C15H20N2O5S. The summed E-state index contributed by atoms with van der Waals surface area (Å²) in [5.74, 6) is -1.58. The lowest BCUT2D eigenvalue weighted by Gasteiger charge is -2.25. The topological polar surface area (TPSA) is 104 Å². The summed E-state index contributed by atoms with van der Waals surface area (Å²) in [6.45, 7) is 6.06. The molecule has 1 rings (SSSR count). The van der Waals surface area contributed by atoms with E-state index in [1.54, 1.807) is 18.2 Å². The van der Waals surface area contributed by atoms with Crippen molar-refractivity contribution in [1.82, 2.24) is 9.62 Å². The Morgan fingerprint density at radius 3 is 2.35 bits per heavy atom. The molecule has 1 amide bonds. The minimum absolute atomic E-state index is 0.0148. The molecular weight excluding hydrogens is 320 g/mol. The normalized spacial score (nSPS) is 12.7. The number of carbonyl (C=O) groups excluding carboxylic acids is 1. The van der Waals surface area contributed by atoms with Crippen molar-refractivity contribution in [3.8, 4) is 0 Å². The van der Waals surface area contributed by atoms with Crippen LogP contribution >= 0.6 is 0 Å². The van der Waals surface area contributed by atoms with Crippen LogP contribution in [0.5, 0.6) is 0 Å². The zero-order chi connectivity index (χ0) is 17.6. The number of rotatable bonds is 8. The van der Waals surface area contributed by atoms with Crippen molar-refractivity contribution in [1.29, 1.82) is 0 Å². The Bertz CT molecular complexity index is 682. The zero-order valence-corrected chi connectivity index (χ0v) is 13.8. The lowest BCUT2D eigenvalue weighted by atomic mass is 10.2. The molecule has 0 spiro atoms. The van der Waals surface area contributed by atoms with Crippen molar-refractivity contribution >= 4 is 28.0 Å². The first kappa shape index (κ1) is 18.9. The maximum absolute atomic E-state index is 12.7. The number of carboxylic acids is 1. The van der Waals surface area contributed by atoms with Gasteiger partial charge in [-0.3, -0.25) is 9.59 Å². The number of carboxylic acid groups (broad SMARTS) is 1. The Balaban J connectivity index is 3.12. The average Bonchev–Trinajstić information content (AvgIpc) is 2.50. The van der Waals surface area contributed by atoms with E-state index in [9.17, 15) is 18.0 Å². The van der Waals surface area contributed by atoms with Gasteiger partial charge in [0.05, 0.1) is 4.90 Å². The molecule has 0 aromatic heterocycles. The number of carbonyl (C=O) groups is 2. The second kappa shape index (κ2) is 7.89. The van der Waals surface area contributed by atoms with E-state index in [4.69, 9.17) is 5.11 Å². The third kappa shape index (κ3) is 4.90. The fraction of sp³-hybridized carbons (Fsp3) is 0.333. The fourth-order valence-corrected chi connectivity index (χ4v) is 3.49. The highest BCUT2D eigenvalue weighted by atomic mass is 32.2. The summed E-state index contributed by atoms with van der Waals surface area (Å²) >= 11 is 0. The minimum Gasteiger partial charge on any atom is -0.480 e. The molecule has 1 aromatic rings. The van der Waals surface area contributed by atoms with Crippen molar-refractivity contribution < 1.29 is 23.1 Å². The molecule has 1 unspecified atom stereocenters. The van der Waals surface area contributed by atoms with Crippen molar-refractivity contribution in [3.63, 3.8) is 0 Å². The van der Waals surface area contributed by atoms with Crippen LogP contribution in [0.4, 0.5) is 0 Å². The van der Waals surface area contributed by atoms with E-state index in [-0.39, 0.29) is 23.9 Å². The summed E-state index contributed by atoms with van der Waals surface area (Å²) in [7, 11) is -4.00. The standard InChI is InChI=1S/C15H20N2O5S/c1-4-13-5-7-14(8-6-13)23(21,22)17(11(2)15(19)20)10-9-16-12(3)18/h4-8,11H,1,9-10H2,2-3H3,(H,16,18)(H,19,20). The van der Waals surface area contributed by atoms with Gasteiger partial charge < -0.3 is 10.4 Å². The Morgan fingerprint density at radius 1 is 1.35 bits per heavy atom. The van der Waals surface area contributed by atoms with Crippen LogP contribution in [-0.2, 0) is 19.6 Å². The van der Waals surface area contributed by atoms with Crippen LogP contribution in [0.1, 0.15) is 19.4 Å². The number of benzene rings is 1. The number of amides is 1. The van der Waals surface area contributed by atoms with Gasteiger partial charge in [-0.05, 0) is 24.6 Å². The second-order valence-electron chi connectivity index (χ2n) is 4.89.